The quantitative estimate of drug-likeness (QED) is 0.538. The zero-order valence-corrected chi connectivity index (χ0v) is 18.1. The van der Waals surface area contributed by atoms with Crippen molar-refractivity contribution in [3.05, 3.63) is 60.0 Å². The molecule has 8 heteroatoms. The van der Waals surface area contributed by atoms with Gasteiger partial charge in [0.2, 0.25) is 5.89 Å². The zero-order valence-electron chi connectivity index (χ0n) is 17.2. The molecule has 7 nitrogen and oxygen atoms in total. The van der Waals surface area contributed by atoms with Gasteiger partial charge in [0.05, 0.1) is 13.1 Å². The Balaban J connectivity index is 1.30. The first-order valence-electron chi connectivity index (χ1n) is 9.69. The van der Waals surface area contributed by atoms with E-state index in [2.05, 4.69) is 27.2 Å². The van der Waals surface area contributed by atoms with Crippen molar-refractivity contribution < 1.29 is 13.9 Å². The van der Waals surface area contributed by atoms with Gasteiger partial charge in [0, 0.05) is 17.0 Å². The van der Waals surface area contributed by atoms with Gasteiger partial charge in [-0.1, -0.05) is 12.1 Å². The zero-order chi connectivity index (χ0) is 21.1. The minimum atomic E-state index is -0.268. The lowest BCUT2D eigenvalue weighted by Gasteiger charge is -2.38. The third-order valence-electron chi connectivity index (χ3n) is 4.81. The Hall–Kier alpha value is -2.84. The van der Waals surface area contributed by atoms with Gasteiger partial charge in [-0.15, -0.1) is 22.0 Å². The van der Waals surface area contributed by atoms with Gasteiger partial charge in [0.1, 0.15) is 11.9 Å². The number of hydrogen-bond acceptors (Lipinski definition) is 7. The molecule has 0 unspecified atom stereocenters. The topological polar surface area (TPSA) is 71.7 Å². The highest BCUT2D eigenvalue weighted by molar-refractivity contribution is 7.98. The summed E-state index contributed by atoms with van der Waals surface area (Å²) < 4.78 is 11.5. The van der Waals surface area contributed by atoms with Crippen molar-refractivity contribution in [3.8, 4) is 17.2 Å². The summed E-state index contributed by atoms with van der Waals surface area (Å²) in [5.41, 5.74) is 2.02. The molecule has 0 bridgehead atoms. The van der Waals surface area contributed by atoms with Crippen LogP contribution < -0.4 is 4.74 Å². The predicted octanol–water partition coefficient (Wildman–Crippen LogP) is 3.42. The Morgan fingerprint density at radius 3 is 2.47 bits per heavy atom. The van der Waals surface area contributed by atoms with Crippen molar-refractivity contribution in [2.45, 2.75) is 17.5 Å². The largest absolute Gasteiger partial charge is 0.487 e. The van der Waals surface area contributed by atoms with Gasteiger partial charge in [-0.2, -0.15) is 0 Å². The van der Waals surface area contributed by atoms with Crippen molar-refractivity contribution in [2.24, 2.45) is 0 Å². The predicted molar refractivity (Wildman–Crippen MR) is 116 cm³/mol. The molecule has 1 saturated heterocycles. The lowest BCUT2D eigenvalue weighted by atomic mass is 10.1. The molecular formula is C22H24N4O3S. The van der Waals surface area contributed by atoms with E-state index in [0.29, 0.717) is 19.0 Å². The number of nitrogens with zero attached hydrogens (tertiary/aromatic N) is 4. The van der Waals surface area contributed by atoms with Gasteiger partial charge < -0.3 is 19.0 Å². The Bertz CT molecular complexity index is 996. The molecule has 4 rings (SSSR count). The molecule has 0 saturated carbocycles. The third kappa shape index (κ3) is 4.66. The van der Waals surface area contributed by atoms with Gasteiger partial charge >= 0.3 is 11.8 Å². The summed E-state index contributed by atoms with van der Waals surface area (Å²) in [5.74, 6) is 0.890. The Labute approximate surface area is 180 Å². The number of rotatable bonds is 7. The minimum Gasteiger partial charge on any atom is -0.487 e. The summed E-state index contributed by atoms with van der Waals surface area (Å²) in [4.78, 5) is 17.5. The van der Waals surface area contributed by atoms with Crippen molar-refractivity contribution >= 4 is 17.7 Å². The van der Waals surface area contributed by atoms with E-state index >= 15 is 0 Å². The van der Waals surface area contributed by atoms with Crippen LogP contribution in [0.4, 0.5) is 0 Å². The normalized spacial score (nSPS) is 14.1. The fraction of sp³-hybridized carbons (Fsp3) is 0.318. The number of ether oxygens (including phenoxy) is 1. The molecule has 0 aliphatic carbocycles. The van der Waals surface area contributed by atoms with E-state index in [1.54, 1.807) is 16.7 Å². The fourth-order valence-electron chi connectivity index (χ4n) is 3.20. The van der Waals surface area contributed by atoms with Crippen LogP contribution >= 0.6 is 11.8 Å². The molecule has 0 spiro atoms. The number of amides is 1. The van der Waals surface area contributed by atoms with Crippen LogP contribution in [0, 0.1) is 0 Å². The highest BCUT2D eigenvalue weighted by atomic mass is 32.2. The number of aromatic nitrogens is 2. The molecule has 0 N–H and O–H groups in total. The molecular weight excluding hydrogens is 400 g/mol. The lowest BCUT2D eigenvalue weighted by Crippen LogP contribution is -2.56. The van der Waals surface area contributed by atoms with Crippen LogP contribution in [0.25, 0.3) is 11.5 Å². The van der Waals surface area contributed by atoms with Crippen molar-refractivity contribution in [2.75, 3.05) is 33.4 Å². The average molecular weight is 425 g/mol. The average Bonchev–Trinajstić information content (AvgIpc) is 3.21. The highest BCUT2D eigenvalue weighted by Gasteiger charge is 2.35. The second kappa shape index (κ2) is 8.89. The SMILES string of the molecule is CSc1ccc(-c2nnc(C(=O)N3CC(Oc4ccc(CN(C)C)cc4)C3)o2)cc1. The van der Waals surface area contributed by atoms with Crippen molar-refractivity contribution in [3.63, 3.8) is 0 Å². The van der Waals surface area contributed by atoms with Gasteiger partial charge in [-0.25, -0.2) is 0 Å². The maximum absolute atomic E-state index is 12.6. The van der Waals surface area contributed by atoms with Crippen LogP contribution in [0.3, 0.4) is 0 Å². The molecule has 30 heavy (non-hydrogen) atoms. The van der Waals surface area contributed by atoms with Gasteiger partial charge in [0.25, 0.3) is 0 Å². The maximum Gasteiger partial charge on any atom is 0.311 e. The number of likely N-dealkylation sites (tertiary alicyclic amines) is 1. The third-order valence-corrected chi connectivity index (χ3v) is 5.55. The van der Waals surface area contributed by atoms with E-state index in [-0.39, 0.29) is 17.9 Å². The Morgan fingerprint density at radius 1 is 1.13 bits per heavy atom. The number of carbonyl (C=O) groups excluding carboxylic acids is 1. The van der Waals surface area contributed by atoms with Crippen LogP contribution in [0.2, 0.25) is 0 Å². The highest BCUT2D eigenvalue weighted by Crippen LogP contribution is 2.24. The molecule has 0 atom stereocenters. The van der Waals surface area contributed by atoms with E-state index in [0.717, 1.165) is 22.8 Å². The number of hydrogen-bond donors (Lipinski definition) is 0. The molecule has 3 aromatic rings. The first-order valence-corrected chi connectivity index (χ1v) is 10.9. The molecule has 1 fully saturated rings. The molecule has 1 aliphatic heterocycles. The summed E-state index contributed by atoms with van der Waals surface area (Å²) >= 11 is 1.66. The van der Waals surface area contributed by atoms with Crippen LogP contribution in [0.5, 0.6) is 5.75 Å². The summed E-state index contributed by atoms with van der Waals surface area (Å²) in [6.07, 6.45) is 1.98. The second-order valence-electron chi connectivity index (χ2n) is 7.47. The molecule has 156 valence electrons. The smallest absolute Gasteiger partial charge is 0.311 e. The standard InChI is InChI=1S/C22H24N4O3S/c1-25(2)12-15-4-8-17(9-5-15)28-18-13-26(14-18)22(27)21-24-23-20(29-21)16-6-10-19(30-3)11-7-16/h4-11,18H,12-14H2,1-3H3. The van der Waals surface area contributed by atoms with Crippen molar-refractivity contribution in [1.29, 1.82) is 0 Å². The van der Waals surface area contributed by atoms with E-state index in [1.165, 1.54) is 5.56 Å². The van der Waals surface area contributed by atoms with Crippen LogP contribution in [-0.4, -0.2) is 65.4 Å². The van der Waals surface area contributed by atoms with Crippen LogP contribution in [-0.2, 0) is 6.54 Å². The van der Waals surface area contributed by atoms with Gasteiger partial charge in [-0.05, 0) is 62.3 Å². The minimum absolute atomic E-state index is 0.00503. The summed E-state index contributed by atoms with van der Waals surface area (Å²) in [6.45, 7) is 1.89. The summed E-state index contributed by atoms with van der Waals surface area (Å²) in [6, 6.07) is 15.8. The molecule has 1 amide bonds. The van der Waals surface area contributed by atoms with Gasteiger partial charge in [0.15, 0.2) is 0 Å². The number of thioether (sulfide) groups is 1. The first-order chi connectivity index (χ1) is 14.5. The van der Waals surface area contributed by atoms with E-state index < -0.39 is 0 Å². The lowest BCUT2D eigenvalue weighted by molar-refractivity contribution is 0.0150. The summed E-state index contributed by atoms with van der Waals surface area (Å²) in [5, 5.41) is 7.94. The van der Waals surface area contributed by atoms with E-state index in [4.69, 9.17) is 9.15 Å². The molecule has 0 radical (unpaired) electrons. The number of benzene rings is 2. The Morgan fingerprint density at radius 2 is 1.83 bits per heavy atom. The molecule has 1 aromatic heterocycles. The van der Waals surface area contributed by atoms with Crippen molar-refractivity contribution in [1.82, 2.24) is 20.0 Å². The monoisotopic (exact) mass is 424 g/mol. The van der Waals surface area contributed by atoms with Crippen LogP contribution in [0.1, 0.15) is 16.2 Å². The molecule has 2 heterocycles. The van der Waals surface area contributed by atoms with E-state index in [1.807, 2.05) is 56.7 Å². The number of carbonyl (C=O) groups is 1. The second-order valence-corrected chi connectivity index (χ2v) is 8.35. The van der Waals surface area contributed by atoms with Gasteiger partial charge in [-0.3, -0.25) is 4.79 Å². The first kappa shape index (κ1) is 20.4. The maximum atomic E-state index is 12.6. The molecule has 2 aromatic carbocycles. The fourth-order valence-corrected chi connectivity index (χ4v) is 3.61. The van der Waals surface area contributed by atoms with Crippen LogP contribution in [0.15, 0.2) is 57.8 Å². The Kier molecular flexibility index (Phi) is 6.06. The summed E-state index contributed by atoms with van der Waals surface area (Å²) in [7, 11) is 4.08. The van der Waals surface area contributed by atoms with E-state index in [9.17, 15) is 4.79 Å². The molecule has 1 aliphatic rings.